The molecule has 0 radical (unpaired) electrons. The predicted molar refractivity (Wildman–Crippen MR) is 85.6 cm³/mol. The van der Waals surface area contributed by atoms with Gasteiger partial charge in [0.1, 0.15) is 16.6 Å². The van der Waals surface area contributed by atoms with Crippen LogP contribution in [0.2, 0.25) is 0 Å². The number of anilines is 3. The van der Waals surface area contributed by atoms with E-state index in [1.165, 1.54) is 11.3 Å². The molecule has 4 nitrogen and oxygen atoms in total. The van der Waals surface area contributed by atoms with Gasteiger partial charge in [0.15, 0.2) is 5.82 Å². The maximum Gasteiger partial charge on any atom is 0.153 e. The molecule has 0 bridgehead atoms. The fourth-order valence-electron chi connectivity index (χ4n) is 2.71. The van der Waals surface area contributed by atoms with Crippen LogP contribution in [0.1, 0.15) is 19.4 Å². The maximum absolute atomic E-state index is 4.48. The van der Waals surface area contributed by atoms with Gasteiger partial charge in [0.05, 0.1) is 0 Å². The molecule has 1 aromatic carbocycles. The van der Waals surface area contributed by atoms with E-state index in [9.17, 15) is 0 Å². The summed E-state index contributed by atoms with van der Waals surface area (Å²) in [5, 5.41) is 3.25. The van der Waals surface area contributed by atoms with Gasteiger partial charge in [-0.15, -0.1) is 0 Å². The van der Waals surface area contributed by atoms with Gasteiger partial charge in [-0.05, 0) is 47.8 Å². The molecule has 3 rings (SSSR count). The standard InChI is InChI=1S/C15H17BrN4/c1-3-17-14-13(16)15(19-9-18-14)20-10(2)8-11-6-4-5-7-12(11)20/h4-7,9-10H,3,8H2,1-2H3,(H,17,18,19). The van der Waals surface area contributed by atoms with Crippen LogP contribution in [-0.2, 0) is 6.42 Å². The number of para-hydroxylation sites is 1. The van der Waals surface area contributed by atoms with Crippen molar-refractivity contribution in [3.05, 3.63) is 40.6 Å². The zero-order valence-corrected chi connectivity index (χ0v) is 13.2. The highest BCUT2D eigenvalue weighted by molar-refractivity contribution is 9.10. The van der Waals surface area contributed by atoms with E-state index in [1.54, 1.807) is 6.33 Å². The van der Waals surface area contributed by atoms with Gasteiger partial charge in [-0.2, -0.15) is 0 Å². The van der Waals surface area contributed by atoms with E-state index < -0.39 is 0 Å². The molecule has 1 aliphatic heterocycles. The zero-order chi connectivity index (χ0) is 14.1. The van der Waals surface area contributed by atoms with Crippen molar-refractivity contribution >= 4 is 33.3 Å². The van der Waals surface area contributed by atoms with Crippen molar-refractivity contribution in [1.29, 1.82) is 0 Å². The zero-order valence-electron chi connectivity index (χ0n) is 11.6. The second-order valence-corrected chi connectivity index (χ2v) is 5.74. The quantitative estimate of drug-likeness (QED) is 0.929. The molecule has 20 heavy (non-hydrogen) atoms. The van der Waals surface area contributed by atoms with Crippen LogP contribution in [0.15, 0.2) is 35.1 Å². The summed E-state index contributed by atoms with van der Waals surface area (Å²) in [5.74, 6) is 1.77. The number of benzene rings is 1. The topological polar surface area (TPSA) is 41.1 Å². The van der Waals surface area contributed by atoms with Crippen molar-refractivity contribution in [2.24, 2.45) is 0 Å². The van der Waals surface area contributed by atoms with Gasteiger partial charge >= 0.3 is 0 Å². The first-order valence-electron chi connectivity index (χ1n) is 6.84. The summed E-state index contributed by atoms with van der Waals surface area (Å²) < 4.78 is 0.922. The summed E-state index contributed by atoms with van der Waals surface area (Å²) in [5.41, 5.74) is 2.61. The highest BCUT2D eigenvalue weighted by atomic mass is 79.9. The second kappa shape index (κ2) is 5.40. The van der Waals surface area contributed by atoms with Crippen LogP contribution in [-0.4, -0.2) is 22.6 Å². The number of hydrogen-bond acceptors (Lipinski definition) is 4. The van der Waals surface area contributed by atoms with Crippen molar-refractivity contribution in [2.75, 3.05) is 16.8 Å². The molecule has 0 aliphatic carbocycles. The monoisotopic (exact) mass is 332 g/mol. The van der Waals surface area contributed by atoms with Crippen molar-refractivity contribution in [1.82, 2.24) is 9.97 Å². The van der Waals surface area contributed by atoms with E-state index in [0.717, 1.165) is 29.1 Å². The number of rotatable bonds is 3. The first-order valence-corrected chi connectivity index (χ1v) is 7.63. The minimum Gasteiger partial charge on any atom is -0.369 e. The number of hydrogen-bond donors (Lipinski definition) is 1. The van der Waals surface area contributed by atoms with Gasteiger partial charge in [-0.1, -0.05) is 18.2 Å². The lowest BCUT2D eigenvalue weighted by Crippen LogP contribution is -2.25. The Labute approximate surface area is 127 Å². The minimum absolute atomic E-state index is 0.396. The average Bonchev–Trinajstić information content (AvgIpc) is 2.77. The Morgan fingerprint density at radius 2 is 2.15 bits per heavy atom. The number of nitrogens with one attached hydrogen (secondary N) is 1. The van der Waals surface area contributed by atoms with Crippen LogP contribution >= 0.6 is 15.9 Å². The third-order valence-electron chi connectivity index (χ3n) is 3.55. The van der Waals surface area contributed by atoms with E-state index in [1.807, 2.05) is 0 Å². The third kappa shape index (κ3) is 2.16. The van der Waals surface area contributed by atoms with Gasteiger partial charge in [0.2, 0.25) is 0 Å². The molecule has 0 fully saturated rings. The van der Waals surface area contributed by atoms with Gasteiger partial charge in [0, 0.05) is 18.3 Å². The van der Waals surface area contributed by atoms with Crippen molar-refractivity contribution in [3.63, 3.8) is 0 Å². The van der Waals surface area contributed by atoms with Crippen LogP contribution in [0.25, 0.3) is 0 Å². The Bertz CT molecular complexity index is 629. The Kier molecular flexibility index (Phi) is 3.61. The van der Waals surface area contributed by atoms with Gasteiger partial charge < -0.3 is 10.2 Å². The summed E-state index contributed by atoms with van der Waals surface area (Å²) in [6, 6.07) is 8.90. The highest BCUT2D eigenvalue weighted by Crippen LogP contribution is 2.41. The first-order chi connectivity index (χ1) is 9.72. The summed E-state index contributed by atoms with van der Waals surface area (Å²) in [4.78, 5) is 11.0. The predicted octanol–water partition coefficient (Wildman–Crippen LogP) is 3.75. The summed E-state index contributed by atoms with van der Waals surface area (Å²) in [6.45, 7) is 5.12. The van der Waals surface area contributed by atoms with E-state index in [2.05, 4.69) is 74.2 Å². The molecule has 1 atom stereocenters. The Morgan fingerprint density at radius 3 is 2.95 bits per heavy atom. The molecule has 0 spiro atoms. The number of aromatic nitrogens is 2. The molecular weight excluding hydrogens is 316 g/mol. The second-order valence-electron chi connectivity index (χ2n) is 4.94. The third-order valence-corrected chi connectivity index (χ3v) is 4.28. The highest BCUT2D eigenvalue weighted by Gasteiger charge is 2.29. The summed E-state index contributed by atoms with van der Waals surface area (Å²) in [6.07, 6.45) is 2.66. The summed E-state index contributed by atoms with van der Waals surface area (Å²) >= 11 is 3.64. The van der Waals surface area contributed by atoms with Crippen LogP contribution in [0.5, 0.6) is 0 Å². The SMILES string of the molecule is CCNc1ncnc(N2c3ccccc3CC2C)c1Br. The van der Waals surface area contributed by atoms with Gasteiger partial charge in [-0.25, -0.2) is 9.97 Å². The lowest BCUT2D eigenvalue weighted by Gasteiger charge is -2.25. The van der Waals surface area contributed by atoms with E-state index in [4.69, 9.17) is 0 Å². The molecule has 2 heterocycles. The molecule has 1 unspecified atom stereocenters. The largest absolute Gasteiger partial charge is 0.369 e. The van der Waals surface area contributed by atoms with E-state index in [-0.39, 0.29) is 0 Å². The maximum atomic E-state index is 4.48. The minimum atomic E-state index is 0.396. The van der Waals surface area contributed by atoms with E-state index >= 15 is 0 Å². The molecule has 5 heteroatoms. The molecule has 2 aromatic rings. The Hall–Kier alpha value is -1.62. The van der Waals surface area contributed by atoms with Crippen LogP contribution in [0.4, 0.5) is 17.3 Å². The molecule has 1 N–H and O–H groups in total. The van der Waals surface area contributed by atoms with Crippen LogP contribution in [0, 0.1) is 0 Å². The average molecular weight is 333 g/mol. The molecule has 0 saturated heterocycles. The molecule has 1 aliphatic rings. The van der Waals surface area contributed by atoms with E-state index in [0.29, 0.717) is 6.04 Å². The summed E-state index contributed by atoms with van der Waals surface area (Å²) in [7, 11) is 0. The number of halogens is 1. The van der Waals surface area contributed by atoms with Crippen molar-refractivity contribution < 1.29 is 0 Å². The number of fused-ring (bicyclic) bond motifs is 1. The first kappa shape index (κ1) is 13.4. The molecule has 104 valence electrons. The van der Waals surface area contributed by atoms with Crippen molar-refractivity contribution in [3.8, 4) is 0 Å². The molecule has 0 amide bonds. The normalized spacial score (nSPS) is 17.1. The lowest BCUT2D eigenvalue weighted by atomic mass is 10.1. The smallest absolute Gasteiger partial charge is 0.153 e. The lowest BCUT2D eigenvalue weighted by molar-refractivity contribution is 0.747. The Morgan fingerprint density at radius 1 is 1.35 bits per heavy atom. The molecule has 0 saturated carbocycles. The van der Waals surface area contributed by atoms with Gasteiger partial charge in [0.25, 0.3) is 0 Å². The molecule has 1 aromatic heterocycles. The fourth-order valence-corrected chi connectivity index (χ4v) is 3.24. The van der Waals surface area contributed by atoms with Gasteiger partial charge in [-0.3, -0.25) is 0 Å². The Balaban J connectivity index is 2.07. The fraction of sp³-hybridized carbons (Fsp3) is 0.333. The molecular formula is C15H17BrN4. The van der Waals surface area contributed by atoms with Crippen LogP contribution in [0.3, 0.4) is 0 Å². The number of nitrogens with zero attached hydrogens (tertiary/aromatic N) is 3. The van der Waals surface area contributed by atoms with Crippen LogP contribution < -0.4 is 10.2 Å². The van der Waals surface area contributed by atoms with Crippen molar-refractivity contribution in [2.45, 2.75) is 26.3 Å².